The molecular weight excluding hydrogens is 249 g/mol. The van der Waals surface area contributed by atoms with Crippen molar-refractivity contribution < 1.29 is 19.1 Å². The first-order valence-corrected chi connectivity index (χ1v) is 5.33. The third-order valence-corrected chi connectivity index (χ3v) is 2.96. The molecule has 1 aromatic carbocycles. The number of halogens is 2. The van der Waals surface area contributed by atoms with Crippen molar-refractivity contribution in [2.24, 2.45) is 5.92 Å². The number of carbonyl (C=O) groups is 2. The van der Waals surface area contributed by atoms with Crippen LogP contribution in [0.3, 0.4) is 0 Å². The molecule has 0 aromatic heterocycles. The maximum atomic E-state index is 12.9. The standard InChI is InChI=1S/C11H9ClFNO3/c12-8-4-7(1-2-9(8)13)14-5-6(11(16)17)3-10(14)15/h1-2,4,6H,3,5H2,(H,16,17)/p-1. The molecule has 1 fully saturated rings. The van der Waals surface area contributed by atoms with E-state index in [0.29, 0.717) is 5.69 Å². The van der Waals surface area contributed by atoms with Crippen molar-refractivity contribution in [1.82, 2.24) is 0 Å². The summed E-state index contributed by atoms with van der Waals surface area (Å²) in [7, 11) is 0. The smallest absolute Gasteiger partial charge is 0.227 e. The van der Waals surface area contributed by atoms with Gasteiger partial charge in [-0.3, -0.25) is 4.79 Å². The molecule has 0 aliphatic carbocycles. The first-order chi connectivity index (χ1) is 7.99. The Morgan fingerprint density at radius 2 is 2.24 bits per heavy atom. The van der Waals surface area contributed by atoms with Crippen LogP contribution < -0.4 is 10.0 Å². The van der Waals surface area contributed by atoms with Crippen LogP contribution in [0.1, 0.15) is 6.42 Å². The monoisotopic (exact) mass is 256 g/mol. The lowest BCUT2D eigenvalue weighted by Crippen LogP contribution is -2.33. The second kappa shape index (κ2) is 4.33. The molecular formula is C11H8ClFNO3-. The van der Waals surface area contributed by atoms with Crippen LogP contribution in [-0.2, 0) is 9.59 Å². The van der Waals surface area contributed by atoms with Crippen LogP contribution in [-0.4, -0.2) is 18.4 Å². The van der Waals surface area contributed by atoms with Gasteiger partial charge in [0.1, 0.15) is 5.82 Å². The van der Waals surface area contributed by atoms with Gasteiger partial charge >= 0.3 is 0 Å². The summed E-state index contributed by atoms with van der Waals surface area (Å²) in [4.78, 5) is 23.5. The molecule has 1 saturated heterocycles. The zero-order valence-electron chi connectivity index (χ0n) is 8.65. The summed E-state index contributed by atoms with van der Waals surface area (Å²) in [5, 5.41) is 10.6. The average molecular weight is 257 g/mol. The Kier molecular flexibility index (Phi) is 3.02. The van der Waals surface area contributed by atoms with Crippen LogP contribution in [0, 0.1) is 11.7 Å². The molecule has 1 heterocycles. The van der Waals surface area contributed by atoms with Gasteiger partial charge in [0.2, 0.25) is 5.91 Å². The van der Waals surface area contributed by atoms with E-state index in [1.807, 2.05) is 0 Å². The SMILES string of the molecule is O=C([O-])C1CC(=O)N(c2ccc(F)c(Cl)c2)C1. The van der Waals surface area contributed by atoms with E-state index >= 15 is 0 Å². The molecule has 4 nitrogen and oxygen atoms in total. The van der Waals surface area contributed by atoms with Crippen molar-refractivity contribution >= 4 is 29.2 Å². The number of hydrogen-bond donors (Lipinski definition) is 0. The number of amides is 1. The Labute approximate surface area is 102 Å². The molecule has 1 unspecified atom stereocenters. The number of nitrogens with zero attached hydrogens (tertiary/aromatic N) is 1. The molecule has 1 aliphatic heterocycles. The minimum atomic E-state index is -1.26. The second-order valence-corrected chi connectivity index (χ2v) is 4.23. The number of hydrogen-bond acceptors (Lipinski definition) is 3. The first-order valence-electron chi connectivity index (χ1n) is 4.95. The van der Waals surface area contributed by atoms with Gasteiger partial charge in [-0.2, -0.15) is 0 Å². The highest BCUT2D eigenvalue weighted by Crippen LogP contribution is 2.28. The van der Waals surface area contributed by atoms with Crippen LogP contribution >= 0.6 is 11.6 Å². The van der Waals surface area contributed by atoms with Crippen molar-refractivity contribution in [2.45, 2.75) is 6.42 Å². The molecule has 1 aliphatic rings. The number of carboxylic acid groups (broad SMARTS) is 1. The van der Waals surface area contributed by atoms with Gasteiger partial charge in [-0.1, -0.05) is 11.6 Å². The fourth-order valence-electron chi connectivity index (χ4n) is 1.77. The van der Waals surface area contributed by atoms with Gasteiger partial charge in [0.25, 0.3) is 0 Å². The number of aliphatic carboxylic acids is 1. The molecule has 0 radical (unpaired) electrons. The van der Waals surface area contributed by atoms with Crippen molar-refractivity contribution in [2.75, 3.05) is 11.4 Å². The van der Waals surface area contributed by atoms with Gasteiger partial charge in [0, 0.05) is 30.5 Å². The average Bonchev–Trinajstić information content (AvgIpc) is 2.65. The molecule has 1 amide bonds. The Bertz CT molecular complexity index is 492. The molecule has 90 valence electrons. The van der Waals surface area contributed by atoms with Crippen molar-refractivity contribution in [3.05, 3.63) is 29.0 Å². The topological polar surface area (TPSA) is 60.4 Å². The number of rotatable bonds is 2. The Morgan fingerprint density at radius 1 is 1.53 bits per heavy atom. The van der Waals surface area contributed by atoms with E-state index in [0.717, 1.165) is 6.07 Å². The highest BCUT2D eigenvalue weighted by atomic mass is 35.5. The van der Waals surface area contributed by atoms with Crippen molar-refractivity contribution in [3.8, 4) is 0 Å². The van der Waals surface area contributed by atoms with Gasteiger partial charge in [-0.15, -0.1) is 0 Å². The van der Waals surface area contributed by atoms with E-state index in [9.17, 15) is 19.1 Å². The number of anilines is 1. The molecule has 0 N–H and O–H groups in total. The first kappa shape index (κ1) is 11.9. The van der Waals surface area contributed by atoms with Gasteiger partial charge in [-0.05, 0) is 18.2 Å². The van der Waals surface area contributed by atoms with E-state index in [2.05, 4.69) is 0 Å². The summed E-state index contributed by atoms with van der Waals surface area (Å²) < 4.78 is 12.9. The number of benzene rings is 1. The molecule has 0 bridgehead atoms. The molecule has 0 saturated carbocycles. The molecule has 17 heavy (non-hydrogen) atoms. The predicted octanol–water partition coefficient (Wildman–Crippen LogP) is 0.582. The Hall–Kier alpha value is -1.62. The minimum Gasteiger partial charge on any atom is -0.550 e. The highest BCUT2D eigenvalue weighted by molar-refractivity contribution is 6.31. The summed E-state index contributed by atoms with van der Waals surface area (Å²) in [6.07, 6.45) is -0.0999. The van der Waals surface area contributed by atoms with Gasteiger partial charge in [-0.25, -0.2) is 4.39 Å². The van der Waals surface area contributed by atoms with Crippen LogP contribution in [0.4, 0.5) is 10.1 Å². The maximum Gasteiger partial charge on any atom is 0.227 e. The summed E-state index contributed by atoms with van der Waals surface area (Å²) in [5.41, 5.74) is 0.394. The third-order valence-electron chi connectivity index (χ3n) is 2.67. The van der Waals surface area contributed by atoms with Crippen LogP contribution in [0.25, 0.3) is 0 Å². The summed E-state index contributed by atoms with van der Waals surface area (Å²) in [5.74, 6) is -3.00. The summed E-state index contributed by atoms with van der Waals surface area (Å²) in [6.45, 7) is 0.0309. The predicted molar refractivity (Wildman–Crippen MR) is 56.9 cm³/mol. The molecule has 1 atom stereocenters. The van der Waals surface area contributed by atoms with E-state index in [-0.39, 0.29) is 23.9 Å². The van der Waals surface area contributed by atoms with Gasteiger partial charge in [0.05, 0.1) is 5.02 Å². The largest absolute Gasteiger partial charge is 0.550 e. The molecule has 2 rings (SSSR count). The second-order valence-electron chi connectivity index (χ2n) is 3.82. The summed E-state index contributed by atoms with van der Waals surface area (Å²) >= 11 is 5.60. The fraction of sp³-hybridized carbons (Fsp3) is 0.273. The minimum absolute atomic E-state index is 0.0309. The van der Waals surface area contributed by atoms with Crippen LogP contribution in [0.2, 0.25) is 5.02 Å². The van der Waals surface area contributed by atoms with Crippen molar-refractivity contribution in [3.63, 3.8) is 0 Å². The highest BCUT2D eigenvalue weighted by Gasteiger charge is 2.31. The zero-order chi connectivity index (χ0) is 12.6. The lowest BCUT2D eigenvalue weighted by Gasteiger charge is -2.17. The zero-order valence-corrected chi connectivity index (χ0v) is 9.41. The third kappa shape index (κ3) is 2.24. The van der Waals surface area contributed by atoms with E-state index < -0.39 is 17.7 Å². The maximum absolute atomic E-state index is 12.9. The van der Waals surface area contributed by atoms with Crippen LogP contribution in [0.5, 0.6) is 0 Å². The lowest BCUT2D eigenvalue weighted by atomic mass is 10.1. The lowest BCUT2D eigenvalue weighted by molar-refractivity contribution is -0.310. The van der Waals surface area contributed by atoms with Crippen molar-refractivity contribution in [1.29, 1.82) is 0 Å². The Balaban J connectivity index is 2.26. The normalized spacial score (nSPS) is 19.8. The molecule has 1 aromatic rings. The Morgan fingerprint density at radius 3 is 2.76 bits per heavy atom. The number of carboxylic acids is 1. The van der Waals surface area contributed by atoms with E-state index in [1.165, 1.54) is 17.0 Å². The molecule has 6 heteroatoms. The number of carbonyl (C=O) groups excluding carboxylic acids is 2. The van der Waals surface area contributed by atoms with Gasteiger partial charge < -0.3 is 14.8 Å². The fourth-order valence-corrected chi connectivity index (χ4v) is 1.94. The summed E-state index contributed by atoms with van der Waals surface area (Å²) in [6, 6.07) is 3.82. The van der Waals surface area contributed by atoms with E-state index in [4.69, 9.17) is 11.6 Å². The van der Waals surface area contributed by atoms with Gasteiger partial charge in [0.15, 0.2) is 0 Å². The van der Waals surface area contributed by atoms with Crippen LogP contribution in [0.15, 0.2) is 18.2 Å². The van der Waals surface area contributed by atoms with E-state index in [1.54, 1.807) is 0 Å². The molecule has 0 spiro atoms. The quantitative estimate of drug-likeness (QED) is 0.778.